The molecule has 1 heterocycles. The van der Waals surface area contributed by atoms with Crippen molar-refractivity contribution in [2.24, 2.45) is 5.92 Å². The van der Waals surface area contributed by atoms with E-state index >= 15 is 0 Å². The topological polar surface area (TPSA) is 52.1 Å². The average Bonchev–Trinajstić information content (AvgIpc) is 2.75. The van der Waals surface area contributed by atoms with Crippen LogP contribution < -0.4 is 4.74 Å². The lowest BCUT2D eigenvalue weighted by Gasteiger charge is -2.28. The summed E-state index contributed by atoms with van der Waals surface area (Å²) in [5.41, 5.74) is 2.43. The normalized spacial score (nSPS) is 19.1. The van der Waals surface area contributed by atoms with Crippen LogP contribution in [0.5, 0.6) is 5.75 Å². The monoisotopic (exact) mass is 394 g/mol. The molecule has 1 aliphatic rings. The Balaban J connectivity index is 1.54. The molecule has 1 fully saturated rings. The molecule has 3 rings (SSSR count). The van der Waals surface area contributed by atoms with Crippen molar-refractivity contribution < 1.29 is 9.53 Å². The predicted octanol–water partition coefficient (Wildman–Crippen LogP) is 6.70. The molecule has 0 aliphatic heterocycles. The van der Waals surface area contributed by atoms with Crippen LogP contribution in [0.3, 0.4) is 0 Å². The highest BCUT2D eigenvalue weighted by atomic mass is 16.5. The van der Waals surface area contributed by atoms with Gasteiger partial charge in [0.2, 0.25) is 0 Å². The number of aromatic nitrogens is 2. The highest BCUT2D eigenvalue weighted by Crippen LogP contribution is 2.37. The number of benzene rings is 1. The quantitative estimate of drug-likeness (QED) is 0.350. The maximum atomic E-state index is 11.8. The molecule has 1 aliphatic carbocycles. The van der Waals surface area contributed by atoms with Gasteiger partial charge in [0.05, 0.1) is 12.4 Å². The molecular weight excluding hydrogens is 360 g/mol. The fourth-order valence-corrected chi connectivity index (χ4v) is 4.32. The second-order valence-electron chi connectivity index (χ2n) is 8.30. The van der Waals surface area contributed by atoms with E-state index in [0.717, 1.165) is 30.7 Å². The van der Waals surface area contributed by atoms with Crippen LogP contribution >= 0.6 is 0 Å². The molecule has 1 aromatic carbocycles. The molecule has 4 nitrogen and oxygen atoms in total. The molecule has 29 heavy (non-hydrogen) atoms. The summed E-state index contributed by atoms with van der Waals surface area (Å²) >= 11 is 0. The van der Waals surface area contributed by atoms with Crippen LogP contribution in [0.2, 0.25) is 0 Å². The lowest BCUT2D eigenvalue weighted by molar-refractivity contribution is -0.134. The maximum Gasteiger partial charge on any atom is 0.311 e. The molecule has 1 aromatic heterocycles. The first kappa shape index (κ1) is 21.5. The smallest absolute Gasteiger partial charge is 0.311 e. The molecule has 4 heteroatoms. The standard InChI is InChI=1S/C25H34N2O2/c1-3-5-6-8-24(28)29-23-17-26-25(27-18-23)22-15-13-21(14-16-22)20-11-9-19(7-4-2)10-12-20/h13-20H,3-12H2,1-2H3/t19-,20-. The second kappa shape index (κ2) is 11.1. The Morgan fingerprint density at radius 2 is 1.66 bits per heavy atom. The van der Waals surface area contributed by atoms with Crippen LogP contribution in [0, 0.1) is 5.92 Å². The van der Waals surface area contributed by atoms with E-state index in [1.165, 1.54) is 44.1 Å². The molecule has 2 aromatic rings. The molecule has 0 saturated heterocycles. The second-order valence-corrected chi connectivity index (χ2v) is 8.30. The highest BCUT2D eigenvalue weighted by molar-refractivity contribution is 5.72. The lowest BCUT2D eigenvalue weighted by Crippen LogP contribution is -2.13. The van der Waals surface area contributed by atoms with Crippen molar-refractivity contribution in [2.75, 3.05) is 0 Å². The van der Waals surface area contributed by atoms with Crippen molar-refractivity contribution in [1.29, 1.82) is 0 Å². The minimum absolute atomic E-state index is 0.215. The molecule has 0 amide bonds. The van der Waals surface area contributed by atoms with E-state index < -0.39 is 0 Å². The van der Waals surface area contributed by atoms with Crippen LogP contribution in [-0.4, -0.2) is 15.9 Å². The van der Waals surface area contributed by atoms with E-state index in [1.807, 2.05) is 0 Å². The zero-order valence-electron chi connectivity index (χ0n) is 17.9. The highest BCUT2D eigenvalue weighted by Gasteiger charge is 2.21. The fraction of sp³-hybridized carbons (Fsp3) is 0.560. The van der Waals surface area contributed by atoms with E-state index in [-0.39, 0.29) is 5.97 Å². The summed E-state index contributed by atoms with van der Waals surface area (Å²) in [6.45, 7) is 4.40. The van der Waals surface area contributed by atoms with Crippen LogP contribution in [-0.2, 0) is 4.79 Å². The number of hydrogen-bond donors (Lipinski definition) is 0. The average molecular weight is 395 g/mol. The van der Waals surface area contributed by atoms with E-state index in [2.05, 4.69) is 48.1 Å². The zero-order valence-corrected chi connectivity index (χ0v) is 17.9. The van der Waals surface area contributed by atoms with Crippen molar-refractivity contribution in [3.63, 3.8) is 0 Å². The first-order valence-corrected chi connectivity index (χ1v) is 11.3. The van der Waals surface area contributed by atoms with Gasteiger partial charge in [0.25, 0.3) is 0 Å². The molecule has 0 unspecified atom stereocenters. The SMILES string of the molecule is CCCCCC(=O)Oc1cnc(-c2ccc([C@H]3CC[C@H](CCC)CC3)cc2)nc1. The van der Waals surface area contributed by atoms with E-state index in [1.54, 1.807) is 12.4 Å². The minimum Gasteiger partial charge on any atom is -0.423 e. The third-order valence-electron chi connectivity index (χ3n) is 6.03. The largest absolute Gasteiger partial charge is 0.423 e. The number of carbonyl (C=O) groups excluding carboxylic acids is 1. The third-order valence-corrected chi connectivity index (χ3v) is 6.03. The van der Waals surface area contributed by atoms with Gasteiger partial charge >= 0.3 is 5.97 Å². The third kappa shape index (κ3) is 6.38. The molecule has 156 valence electrons. The number of nitrogens with zero attached hydrogens (tertiary/aromatic N) is 2. The van der Waals surface area contributed by atoms with Crippen molar-refractivity contribution in [2.45, 2.75) is 84.0 Å². The van der Waals surface area contributed by atoms with Crippen molar-refractivity contribution >= 4 is 5.97 Å². The van der Waals surface area contributed by atoms with Crippen LogP contribution in [0.25, 0.3) is 11.4 Å². The lowest BCUT2D eigenvalue weighted by atomic mass is 9.77. The first-order valence-electron chi connectivity index (χ1n) is 11.3. The van der Waals surface area contributed by atoms with E-state index in [4.69, 9.17) is 4.74 Å². The van der Waals surface area contributed by atoms with E-state index in [0.29, 0.717) is 23.9 Å². The maximum absolute atomic E-state index is 11.8. The molecule has 0 atom stereocenters. The van der Waals surface area contributed by atoms with Gasteiger partial charge in [-0.25, -0.2) is 9.97 Å². The van der Waals surface area contributed by atoms with Crippen molar-refractivity contribution in [3.05, 3.63) is 42.2 Å². The molecular formula is C25H34N2O2. The van der Waals surface area contributed by atoms with E-state index in [9.17, 15) is 4.79 Å². The number of carbonyl (C=O) groups is 1. The molecule has 0 bridgehead atoms. The Morgan fingerprint density at radius 1 is 0.966 bits per heavy atom. The summed E-state index contributed by atoms with van der Waals surface area (Å²) < 4.78 is 5.31. The van der Waals surface area contributed by atoms with Gasteiger partial charge in [0.15, 0.2) is 11.6 Å². The fourth-order valence-electron chi connectivity index (χ4n) is 4.32. The molecule has 0 radical (unpaired) electrons. The summed E-state index contributed by atoms with van der Waals surface area (Å²) in [4.78, 5) is 20.6. The molecule has 0 N–H and O–H groups in total. The van der Waals surface area contributed by atoms with Gasteiger partial charge in [-0.05, 0) is 49.5 Å². The number of esters is 1. The number of unbranched alkanes of at least 4 members (excludes halogenated alkanes) is 2. The van der Waals surface area contributed by atoms with Gasteiger partial charge in [-0.2, -0.15) is 0 Å². The van der Waals surface area contributed by atoms with Crippen LogP contribution in [0.1, 0.15) is 89.5 Å². The van der Waals surface area contributed by atoms with Gasteiger partial charge in [-0.15, -0.1) is 0 Å². The Kier molecular flexibility index (Phi) is 8.21. The Morgan fingerprint density at radius 3 is 2.28 bits per heavy atom. The molecule has 0 spiro atoms. The summed E-state index contributed by atoms with van der Waals surface area (Å²) in [5.74, 6) is 2.48. The van der Waals surface area contributed by atoms with Crippen molar-refractivity contribution in [1.82, 2.24) is 9.97 Å². The van der Waals surface area contributed by atoms with Gasteiger partial charge in [-0.1, -0.05) is 63.8 Å². The van der Waals surface area contributed by atoms with Crippen LogP contribution in [0.4, 0.5) is 0 Å². The van der Waals surface area contributed by atoms with Gasteiger partial charge in [0.1, 0.15) is 0 Å². The summed E-state index contributed by atoms with van der Waals surface area (Å²) in [6, 6.07) is 8.68. The van der Waals surface area contributed by atoms with Gasteiger partial charge in [0, 0.05) is 12.0 Å². The Labute approximate surface area is 175 Å². The summed E-state index contributed by atoms with van der Waals surface area (Å²) in [5, 5.41) is 0. The van der Waals surface area contributed by atoms with Gasteiger partial charge < -0.3 is 4.74 Å². The predicted molar refractivity (Wildman–Crippen MR) is 117 cm³/mol. The summed E-state index contributed by atoms with van der Waals surface area (Å²) in [7, 11) is 0. The Hall–Kier alpha value is -2.23. The minimum atomic E-state index is -0.215. The summed E-state index contributed by atoms with van der Waals surface area (Å²) in [6.07, 6.45) is 14.6. The van der Waals surface area contributed by atoms with Crippen molar-refractivity contribution in [3.8, 4) is 17.1 Å². The van der Waals surface area contributed by atoms with Crippen LogP contribution in [0.15, 0.2) is 36.7 Å². The number of hydrogen-bond acceptors (Lipinski definition) is 4. The Bertz CT molecular complexity index is 747. The first-order chi connectivity index (χ1) is 14.2. The zero-order chi connectivity index (χ0) is 20.5. The van der Waals surface area contributed by atoms with Gasteiger partial charge in [-0.3, -0.25) is 4.79 Å². The number of ether oxygens (including phenoxy) is 1. The molecule has 1 saturated carbocycles. The number of rotatable bonds is 9.